The Hall–Kier alpha value is -1.82. The second kappa shape index (κ2) is 11.2. The van der Waals surface area contributed by atoms with Crippen LogP contribution in [0, 0.1) is 6.57 Å². The molecular weight excluding hydrogens is 176 g/mol. The summed E-state index contributed by atoms with van der Waals surface area (Å²) >= 11 is 0. The van der Waals surface area contributed by atoms with Crippen LogP contribution in [0.3, 0.4) is 0 Å². The number of benzene rings is 1. The Bertz CT molecular complexity index is 271. The smallest absolute Gasteiger partial charge is 0.214 e. The Labute approximate surface area is 85.4 Å². The first kappa shape index (κ1) is 14.7. The van der Waals surface area contributed by atoms with Crippen molar-refractivity contribution in [2.24, 2.45) is 5.73 Å². The van der Waals surface area contributed by atoms with Gasteiger partial charge in [0.1, 0.15) is 0 Å². The van der Waals surface area contributed by atoms with E-state index in [1.807, 2.05) is 32.0 Å². The molecule has 3 nitrogen and oxygen atoms in total. The van der Waals surface area contributed by atoms with Gasteiger partial charge in [-0.3, -0.25) is 4.79 Å². The van der Waals surface area contributed by atoms with Gasteiger partial charge in [0.2, 0.25) is 5.91 Å². The Morgan fingerprint density at radius 3 is 1.86 bits per heavy atom. The number of hydrogen-bond acceptors (Lipinski definition) is 1. The lowest BCUT2D eigenvalue weighted by Gasteiger charge is -1.80. The Kier molecular flexibility index (Phi) is 11.7. The van der Waals surface area contributed by atoms with Crippen LogP contribution in [0.25, 0.3) is 4.85 Å². The zero-order valence-electron chi connectivity index (χ0n) is 8.82. The van der Waals surface area contributed by atoms with Crippen molar-refractivity contribution in [3.8, 4) is 0 Å². The lowest BCUT2D eigenvalue weighted by molar-refractivity contribution is -0.115. The molecule has 1 aromatic rings. The number of hydrogen-bond donors (Lipinski definition) is 1. The molecule has 1 rings (SSSR count). The summed E-state index contributed by atoms with van der Waals surface area (Å²) in [6.45, 7) is 11.9. The van der Waals surface area contributed by atoms with E-state index in [4.69, 9.17) is 6.57 Å². The molecule has 0 spiro atoms. The van der Waals surface area contributed by atoms with Gasteiger partial charge in [-0.05, 0) is 0 Å². The van der Waals surface area contributed by atoms with Crippen molar-refractivity contribution in [1.82, 2.24) is 0 Å². The SMILES string of the molecule is CC.CC(N)=O.[C-]#[N+]c1ccccc1. The van der Waals surface area contributed by atoms with Crippen molar-refractivity contribution in [2.45, 2.75) is 20.8 Å². The third kappa shape index (κ3) is 12.8. The fourth-order valence-corrected chi connectivity index (χ4v) is 0.503. The van der Waals surface area contributed by atoms with Crippen LogP contribution in [0.1, 0.15) is 20.8 Å². The maximum atomic E-state index is 9.22. The van der Waals surface area contributed by atoms with Crippen LogP contribution >= 0.6 is 0 Å². The van der Waals surface area contributed by atoms with Crippen LogP contribution in [0.5, 0.6) is 0 Å². The summed E-state index contributed by atoms with van der Waals surface area (Å²) in [7, 11) is 0. The number of rotatable bonds is 0. The van der Waals surface area contributed by atoms with Gasteiger partial charge in [0.05, 0.1) is 6.57 Å². The molecular formula is C11H16N2O. The molecule has 1 aromatic carbocycles. The summed E-state index contributed by atoms with van der Waals surface area (Å²) < 4.78 is 0. The molecule has 0 heterocycles. The number of carbonyl (C=O) groups is 1. The zero-order chi connectivity index (χ0) is 11.4. The minimum absolute atomic E-state index is 0.333. The quantitative estimate of drug-likeness (QED) is 0.631. The summed E-state index contributed by atoms with van der Waals surface area (Å²) in [5.41, 5.74) is 5.17. The van der Waals surface area contributed by atoms with Gasteiger partial charge >= 0.3 is 0 Å². The number of para-hydroxylation sites is 1. The standard InChI is InChI=1S/C7H5N.C2H5NO.C2H6/c1-8-7-5-3-2-4-6-7;1-2(3)4;1-2/h2-6H;1H3,(H2,3,4);1-2H3. The molecule has 2 N–H and O–H groups in total. The van der Waals surface area contributed by atoms with Crippen molar-refractivity contribution in [1.29, 1.82) is 0 Å². The van der Waals surface area contributed by atoms with E-state index in [0.717, 1.165) is 0 Å². The second-order valence-electron chi connectivity index (χ2n) is 2.06. The molecule has 3 heteroatoms. The monoisotopic (exact) mass is 192 g/mol. The lowest BCUT2D eigenvalue weighted by atomic mass is 10.3. The summed E-state index contributed by atoms with van der Waals surface area (Å²) in [5.74, 6) is -0.333. The average Bonchev–Trinajstić information content (AvgIpc) is 2.21. The fraction of sp³-hybridized carbons (Fsp3) is 0.273. The van der Waals surface area contributed by atoms with E-state index in [-0.39, 0.29) is 5.91 Å². The highest BCUT2D eigenvalue weighted by Crippen LogP contribution is 2.07. The largest absolute Gasteiger partial charge is 0.370 e. The van der Waals surface area contributed by atoms with Crippen molar-refractivity contribution in [3.63, 3.8) is 0 Å². The first-order chi connectivity index (χ1) is 6.66. The third-order valence-electron chi connectivity index (χ3n) is 0.885. The number of primary amides is 1. The highest BCUT2D eigenvalue weighted by Gasteiger charge is 1.79. The van der Waals surface area contributed by atoms with Crippen molar-refractivity contribution >= 4 is 11.6 Å². The molecule has 0 saturated heterocycles. The highest BCUT2D eigenvalue weighted by molar-refractivity contribution is 5.70. The van der Waals surface area contributed by atoms with Gasteiger partial charge in [0.15, 0.2) is 5.69 Å². The predicted molar refractivity (Wildman–Crippen MR) is 58.9 cm³/mol. The topological polar surface area (TPSA) is 47.5 Å². The molecule has 0 fully saturated rings. The molecule has 1 amide bonds. The highest BCUT2D eigenvalue weighted by atomic mass is 16.1. The minimum atomic E-state index is -0.333. The first-order valence-corrected chi connectivity index (χ1v) is 4.35. The molecule has 76 valence electrons. The molecule has 0 aliphatic rings. The van der Waals surface area contributed by atoms with Crippen LogP contribution in [0.15, 0.2) is 30.3 Å². The molecule has 0 radical (unpaired) electrons. The predicted octanol–water partition coefficient (Wildman–Crippen LogP) is 2.76. The summed E-state index contributed by atoms with van der Waals surface area (Å²) in [4.78, 5) is 12.4. The molecule has 0 aliphatic carbocycles. The number of nitrogens with two attached hydrogens (primary N) is 1. The summed E-state index contributed by atoms with van der Waals surface area (Å²) in [6.07, 6.45) is 0. The van der Waals surface area contributed by atoms with E-state index in [1.165, 1.54) is 6.92 Å². The van der Waals surface area contributed by atoms with Gasteiger partial charge in [-0.1, -0.05) is 44.2 Å². The molecule has 0 aromatic heterocycles. The van der Waals surface area contributed by atoms with Gasteiger partial charge < -0.3 is 5.73 Å². The molecule has 0 bridgehead atoms. The van der Waals surface area contributed by atoms with E-state index in [1.54, 1.807) is 12.1 Å². The van der Waals surface area contributed by atoms with Crippen molar-refractivity contribution < 1.29 is 4.79 Å². The number of amides is 1. The van der Waals surface area contributed by atoms with Crippen LogP contribution in [-0.4, -0.2) is 5.91 Å². The molecule has 0 saturated carbocycles. The van der Waals surface area contributed by atoms with Crippen LogP contribution < -0.4 is 5.73 Å². The number of nitrogens with zero attached hydrogens (tertiary/aromatic N) is 1. The average molecular weight is 192 g/mol. The third-order valence-corrected chi connectivity index (χ3v) is 0.885. The van der Waals surface area contributed by atoms with Gasteiger partial charge in [0, 0.05) is 6.92 Å². The zero-order valence-corrected chi connectivity index (χ0v) is 8.82. The molecule has 0 unspecified atom stereocenters. The number of carbonyl (C=O) groups excluding carboxylic acids is 1. The Morgan fingerprint density at radius 1 is 1.29 bits per heavy atom. The van der Waals surface area contributed by atoms with E-state index in [9.17, 15) is 4.79 Å². The van der Waals surface area contributed by atoms with E-state index in [0.29, 0.717) is 5.69 Å². The summed E-state index contributed by atoms with van der Waals surface area (Å²) in [6, 6.07) is 9.18. The normalized spacial score (nSPS) is 6.71. The van der Waals surface area contributed by atoms with E-state index < -0.39 is 0 Å². The van der Waals surface area contributed by atoms with Gasteiger partial charge in [0.25, 0.3) is 0 Å². The second-order valence-corrected chi connectivity index (χ2v) is 2.06. The van der Waals surface area contributed by atoms with Crippen molar-refractivity contribution in [3.05, 3.63) is 41.7 Å². The lowest BCUT2D eigenvalue weighted by Crippen LogP contribution is -2.01. The Morgan fingerprint density at radius 2 is 1.64 bits per heavy atom. The maximum absolute atomic E-state index is 9.22. The molecule has 0 aliphatic heterocycles. The van der Waals surface area contributed by atoms with Gasteiger partial charge in [-0.25, -0.2) is 4.85 Å². The molecule has 0 atom stereocenters. The first-order valence-electron chi connectivity index (χ1n) is 4.35. The van der Waals surface area contributed by atoms with Crippen molar-refractivity contribution in [2.75, 3.05) is 0 Å². The van der Waals surface area contributed by atoms with Crippen LogP contribution in [-0.2, 0) is 4.79 Å². The maximum Gasteiger partial charge on any atom is 0.214 e. The van der Waals surface area contributed by atoms with E-state index >= 15 is 0 Å². The molecule has 14 heavy (non-hydrogen) atoms. The minimum Gasteiger partial charge on any atom is -0.370 e. The summed E-state index contributed by atoms with van der Waals surface area (Å²) in [5, 5.41) is 0. The van der Waals surface area contributed by atoms with Crippen LogP contribution in [0.2, 0.25) is 0 Å². The van der Waals surface area contributed by atoms with Gasteiger partial charge in [-0.15, -0.1) is 0 Å². The fourth-order valence-electron chi connectivity index (χ4n) is 0.503. The van der Waals surface area contributed by atoms with Gasteiger partial charge in [-0.2, -0.15) is 0 Å². The van der Waals surface area contributed by atoms with E-state index in [2.05, 4.69) is 10.6 Å². The van der Waals surface area contributed by atoms with Crippen LogP contribution in [0.4, 0.5) is 5.69 Å². The Balaban J connectivity index is 0.